The number of rotatable bonds is 8. The van der Waals surface area contributed by atoms with Gasteiger partial charge in [-0.25, -0.2) is 0 Å². The van der Waals surface area contributed by atoms with Crippen LogP contribution in [0.5, 0.6) is 0 Å². The Morgan fingerprint density at radius 3 is 2.46 bits per heavy atom. The van der Waals surface area contributed by atoms with Crippen molar-refractivity contribution in [2.45, 2.75) is 25.5 Å². The molecule has 0 heterocycles. The molecule has 0 aliphatic rings. The minimum absolute atomic E-state index is 0.0596. The van der Waals surface area contributed by atoms with E-state index >= 15 is 0 Å². The van der Waals surface area contributed by atoms with Gasteiger partial charge in [-0.05, 0) is 35.2 Å². The van der Waals surface area contributed by atoms with Crippen molar-refractivity contribution in [1.29, 1.82) is 0 Å². The van der Waals surface area contributed by atoms with Gasteiger partial charge in [0.05, 0.1) is 6.42 Å². The summed E-state index contributed by atoms with van der Waals surface area (Å²) in [6.07, 6.45) is 1.44. The Bertz CT molecular complexity index is 674. The maximum absolute atomic E-state index is 11.9. The van der Waals surface area contributed by atoms with E-state index in [0.717, 1.165) is 29.1 Å². The van der Waals surface area contributed by atoms with E-state index in [9.17, 15) is 4.79 Å². The summed E-state index contributed by atoms with van der Waals surface area (Å²) in [4.78, 5) is 11.9. The first-order valence-electron chi connectivity index (χ1n) is 7.94. The molecule has 0 aliphatic carbocycles. The molecule has 0 unspecified atom stereocenters. The first-order chi connectivity index (χ1) is 11.6. The smallest absolute Gasteiger partial charge is 0.224 e. The lowest BCUT2D eigenvalue weighted by molar-refractivity contribution is -0.120. The van der Waals surface area contributed by atoms with Gasteiger partial charge in [0.15, 0.2) is 0 Å². The zero-order chi connectivity index (χ0) is 17.4. The van der Waals surface area contributed by atoms with Crippen LogP contribution in [-0.4, -0.2) is 18.2 Å². The van der Waals surface area contributed by atoms with E-state index in [4.69, 9.17) is 23.2 Å². The van der Waals surface area contributed by atoms with Crippen molar-refractivity contribution in [2.75, 3.05) is 12.3 Å². The Morgan fingerprint density at radius 1 is 1.08 bits per heavy atom. The minimum Gasteiger partial charge on any atom is -0.355 e. The Morgan fingerprint density at radius 2 is 1.79 bits per heavy atom. The Balaban J connectivity index is 1.65. The van der Waals surface area contributed by atoms with Crippen LogP contribution < -0.4 is 5.32 Å². The van der Waals surface area contributed by atoms with Crippen LogP contribution in [-0.2, 0) is 23.4 Å². The summed E-state index contributed by atoms with van der Waals surface area (Å²) in [5.74, 6) is 1.72. The molecule has 2 aromatic carbocycles. The fourth-order valence-corrected chi connectivity index (χ4v) is 3.64. The molecule has 0 saturated heterocycles. The highest BCUT2D eigenvalue weighted by atomic mass is 35.5. The molecule has 0 aromatic heterocycles. The second-order valence-corrected chi connectivity index (χ2v) is 7.43. The number of benzene rings is 2. The summed E-state index contributed by atoms with van der Waals surface area (Å²) in [7, 11) is 0. The van der Waals surface area contributed by atoms with Crippen molar-refractivity contribution in [3.63, 3.8) is 0 Å². The van der Waals surface area contributed by atoms with Gasteiger partial charge in [0.1, 0.15) is 0 Å². The molecule has 0 spiro atoms. The number of thioether (sulfide) groups is 1. The van der Waals surface area contributed by atoms with Crippen LogP contribution in [0.25, 0.3) is 0 Å². The third-order valence-electron chi connectivity index (χ3n) is 3.64. The first-order valence-corrected chi connectivity index (χ1v) is 9.85. The third-order valence-corrected chi connectivity index (χ3v) is 5.23. The van der Waals surface area contributed by atoms with E-state index < -0.39 is 0 Å². The van der Waals surface area contributed by atoms with E-state index in [-0.39, 0.29) is 5.91 Å². The lowest BCUT2D eigenvalue weighted by Crippen LogP contribution is -2.27. The standard InChI is InChI=1S/C19H21Cl2NOS/c1-2-14-3-5-15(6-4-14)11-19(23)22-9-10-24-13-16-7-8-17(20)12-18(16)21/h3-8,12H,2,9-11,13H2,1H3,(H,22,23). The summed E-state index contributed by atoms with van der Waals surface area (Å²) in [5, 5.41) is 4.29. The molecule has 2 rings (SSSR count). The van der Waals surface area contributed by atoms with Gasteiger partial charge in [-0.15, -0.1) is 0 Å². The lowest BCUT2D eigenvalue weighted by atomic mass is 10.1. The van der Waals surface area contributed by atoms with Crippen LogP contribution in [0.4, 0.5) is 0 Å². The summed E-state index contributed by atoms with van der Waals surface area (Å²) in [6, 6.07) is 13.7. The Hall–Kier alpha value is -1.16. The highest BCUT2D eigenvalue weighted by Crippen LogP contribution is 2.24. The van der Waals surface area contributed by atoms with Crippen LogP contribution in [0.15, 0.2) is 42.5 Å². The number of carbonyl (C=O) groups excluding carboxylic acids is 1. The molecule has 0 atom stereocenters. The van der Waals surface area contributed by atoms with Crippen molar-refractivity contribution in [2.24, 2.45) is 0 Å². The Kier molecular flexibility index (Phi) is 7.97. The van der Waals surface area contributed by atoms with Crippen molar-refractivity contribution in [3.8, 4) is 0 Å². The molecule has 128 valence electrons. The molecular formula is C19H21Cl2NOS. The number of hydrogen-bond acceptors (Lipinski definition) is 2. The number of hydrogen-bond donors (Lipinski definition) is 1. The van der Waals surface area contributed by atoms with Crippen molar-refractivity contribution >= 4 is 40.9 Å². The molecule has 0 saturated carbocycles. The van der Waals surface area contributed by atoms with Gasteiger partial charge in [0.2, 0.25) is 5.91 Å². The highest BCUT2D eigenvalue weighted by molar-refractivity contribution is 7.98. The predicted molar refractivity (Wildman–Crippen MR) is 105 cm³/mol. The van der Waals surface area contributed by atoms with E-state index in [1.165, 1.54) is 5.56 Å². The number of carbonyl (C=O) groups is 1. The summed E-state index contributed by atoms with van der Waals surface area (Å²) >= 11 is 13.8. The molecule has 0 radical (unpaired) electrons. The van der Waals surface area contributed by atoms with Gasteiger partial charge in [-0.3, -0.25) is 4.79 Å². The quantitative estimate of drug-likeness (QED) is 0.640. The first kappa shape index (κ1) is 19.2. The van der Waals surface area contributed by atoms with Gasteiger partial charge in [-0.2, -0.15) is 11.8 Å². The maximum atomic E-state index is 11.9. The third kappa shape index (κ3) is 6.39. The largest absolute Gasteiger partial charge is 0.355 e. The molecule has 2 nitrogen and oxygen atoms in total. The topological polar surface area (TPSA) is 29.1 Å². The molecule has 2 aromatic rings. The average molecular weight is 382 g/mol. The van der Waals surface area contributed by atoms with E-state index in [2.05, 4.69) is 24.4 Å². The second-order valence-electron chi connectivity index (χ2n) is 5.49. The zero-order valence-electron chi connectivity index (χ0n) is 13.6. The maximum Gasteiger partial charge on any atom is 0.224 e. The molecule has 1 N–H and O–H groups in total. The summed E-state index contributed by atoms with van der Waals surface area (Å²) in [6.45, 7) is 2.78. The number of aryl methyl sites for hydroxylation is 1. The van der Waals surface area contributed by atoms with Crippen molar-refractivity contribution in [3.05, 3.63) is 69.2 Å². The SMILES string of the molecule is CCc1ccc(CC(=O)NCCSCc2ccc(Cl)cc2Cl)cc1. The van der Waals surface area contributed by atoms with E-state index in [1.54, 1.807) is 17.8 Å². The predicted octanol–water partition coefficient (Wildman–Crippen LogP) is 5.15. The van der Waals surface area contributed by atoms with Gasteiger partial charge in [0, 0.05) is 28.1 Å². The van der Waals surface area contributed by atoms with Crippen LogP contribution in [0.3, 0.4) is 0 Å². The number of halogens is 2. The van der Waals surface area contributed by atoms with E-state index in [0.29, 0.717) is 23.0 Å². The van der Waals surface area contributed by atoms with Crippen LogP contribution in [0.2, 0.25) is 10.0 Å². The summed E-state index contributed by atoms with van der Waals surface area (Å²) < 4.78 is 0. The van der Waals surface area contributed by atoms with Crippen molar-refractivity contribution < 1.29 is 4.79 Å². The molecule has 0 aliphatic heterocycles. The van der Waals surface area contributed by atoms with Crippen LogP contribution in [0, 0.1) is 0 Å². The van der Waals surface area contributed by atoms with Gasteiger partial charge < -0.3 is 5.32 Å². The van der Waals surface area contributed by atoms with E-state index in [1.807, 2.05) is 24.3 Å². The zero-order valence-corrected chi connectivity index (χ0v) is 16.0. The van der Waals surface area contributed by atoms with Crippen LogP contribution in [0.1, 0.15) is 23.6 Å². The van der Waals surface area contributed by atoms with Gasteiger partial charge in [0.25, 0.3) is 0 Å². The monoisotopic (exact) mass is 381 g/mol. The molecule has 0 fully saturated rings. The number of amides is 1. The summed E-state index contributed by atoms with van der Waals surface area (Å²) in [5.41, 5.74) is 3.40. The molecule has 1 amide bonds. The van der Waals surface area contributed by atoms with Gasteiger partial charge >= 0.3 is 0 Å². The molecular weight excluding hydrogens is 361 g/mol. The average Bonchev–Trinajstić information content (AvgIpc) is 2.57. The van der Waals surface area contributed by atoms with Crippen molar-refractivity contribution in [1.82, 2.24) is 5.32 Å². The van der Waals surface area contributed by atoms with Crippen LogP contribution >= 0.6 is 35.0 Å². The normalized spacial score (nSPS) is 10.6. The second kappa shape index (κ2) is 9.97. The highest BCUT2D eigenvalue weighted by Gasteiger charge is 2.04. The molecule has 24 heavy (non-hydrogen) atoms. The minimum atomic E-state index is 0.0596. The fraction of sp³-hybridized carbons (Fsp3) is 0.316. The fourth-order valence-electron chi connectivity index (χ4n) is 2.22. The molecule has 0 bridgehead atoms. The Labute approximate surface area is 157 Å². The van der Waals surface area contributed by atoms with Gasteiger partial charge in [-0.1, -0.05) is 60.5 Å². The molecule has 5 heteroatoms. The number of nitrogens with one attached hydrogen (secondary N) is 1. The lowest BCUT2D eigenvalue weighted by Gasteiger charge is -2.07.